The molecule has 1 aliphatic carbocycles. The predicted molar refractivity (Wildman–Crippen MR) is 64.0 cm³/mol. The van der Waals surface area contributed by atoms with Gasteiger partial charge in [-0.1, -0.05) is 12.8 Å². The Hall–Kier alpha value is -0.610. The number of nitrogens with two attached hydrogens (primary N) is 1. The van der Waals surface area contributed by atoms with Gasteiger partial charge < -0.3 is 11.1 Å². The molecule has 0 radical (unpaired) electrons. The van der Waals surface area contributed by atoms with Crippen molar-refractivity contribution in [2.24, 2.45) is 5.73 Å². The van der Waals surface area contributed by atoms with E-state index in [0.717, 1.165) is 38.8 Å². The van der Waals surface area contributed by atoms with Crippen LogP contribution in [0.25, 0.3) is 0 Å². The van der Waals surface area contributed by atoms with E-state index >= 15 is 0 Å². The number of carbonyl (C=O) groups excluding carboxylic acids is 1. The summed E-state index contributed by atoms with van der Waals surface area (Å²) < 4.78 is 0. The van der Waals surface area contributed by atoms with Crippen molar-refractivity contribution in [2.45, 2.75) is 50.6 Å². The van der Waals surface area contributed by atoms with Gasteiger partial charge in [0.25, 0.3) is 0 Å². The van der Waals surface area contributed by atoms with Crippen LogP contribution in [-0.2, 0) is 4.79 Å². The second-order valence-electron chi connectivity index (χ2n) is 5.19. The molecule has 92 valence electrons. The number of hydrogen-bond acceptors (Lipinski definition) is 3. The van der Waals surface area contributed by atoms with Gasteiger partial charge in [-0.2, -0.15) is 0 Å². The van der Waals surface area contributed by atoms with Crippen molar-refractivity contribution in [1.29, 1.82) is 0 Å². The molecule has 4 heteroatoms. The van der Waals surface area contributed by atoms with Gasteiger partial charge in [0, 0.05) is 18.6 Å². The molecule has 1 atom stereocenters. The number of carbonyl (C=O) groups is 1. The summed E-state index contributed by atoms with van der Waals surface area (Å²) in [5, 5.41) is 3.12. The number of piperidine rings is 1. The molecule has 0 aromatic rings. The summed E-state index contributed by atoms with van der Waals surface area (Å²) >= 11 is 0. The summed E-state index contributed by atoms with van der Waals surface area (Å²) in [7, 11) is 0. The van der Waals surface area contributed by atoms with Crippen molar-refractivity contribution in [3.63, 3.8) is 0 Å². The van der Waals surface area contributed by atoms with E-state index < -0.39 is 0 Å². The van der Waals surface area contributed by atoms with E-state index in [1.807, 2.05) is 0 Å². The van der Waals surface area contributed by atoms with E-state index in [1.165, 1.54) is 12.8 Å². The van der Waals surface area contributed by atoms with Crippen molar-refractivity contribution < 1.29 is 4.79 Å². The minimum Gasteiger partial charge on any atom is -0.352 e. The van der Waals surface area contributed by atoms with Crippen molar-refractivity contribution in [3.8, 4) is 0 Å². The molecule has 2 fully saturated rings. The highest BCUT2D eigenvalue weighted by atomic mass is 16.2. The summed E-state index contributed by atoms with van der Waals surface area (Å²) in [6.07, 6.45) is 7.06. The second kappa shape index (κ2) is 5.64. The van der Waals surface area contributed by atoms with Gasteiger partial charge >= 0.3 is 0 Å². The van der Waals surface area contributed by atoms with Crippen molar-refractivity contribution >= 4 is 5.91 Å². The molecule has 0 aromatic carbocycles. The number of rotatable bonds is 3. The fourth-order valence-electron chi connectivity index (χ4n) is 2.78. The number of nitrogens with zero attached hydrogens (tertiary/aromatic N) is 1. The quantitative estimate of drug-likeness (QED) is 0.734. The molecule has 1 heterocycles. The number of hydrogen-bond donors (Lipinski definition) is 2. The maximum atomic E-state index is 11.8. The highest BCUT2D eigenvalue weighted by Crippen LogP contribution is 2.17. The molecule has 4 nitrogen and oxygen atoms in total. The first-order valence-corrected chi connectivity index (χ1v) is 6.51. The molecule has 0 bridgehead atoms. The Kier molecular flexibility index (Phi) is 4.18. The third kappa shape index (κ3) is 3.46. The van der Waals surface area contributed by atoms with Crippen LogP contribution in [0.5, 0.6) is 0 Å². The topological polar surface area (TPSA) is 58.4 Å². The molecule has 2 rings (SSSR count). The summed E-state index contributed by atoms with van der Waals surface area (Å²) in [6.45, 7) is 2.42. The van der Waals surface area contributed by atoms with Crippen molar-refractivity contribution in [1.82, 2.24) is 10.2 Å². The largest absolute Gasteiger partial charge is 0.352 e. The minimum absolute atomic E-state index is 0.181. The van der Waals surface area contributed by atoms with Gasteiger partial charge in [-0.25, -0.2) is 0 Å². The summed E-state index contributed by atoms with van der Waals surface area (Å²) in [5.74, 6) is 0.181. The number of amides is 1. The van der Waals surface area contributed by atoms with Crippen molar-refractivity contribution in [2.75, 3.05) is 19.6 Å². The Morgan fingerprint density at radius 1 is 1.25 bits per heavy atom. The van der Waals surface area contributed by atoms with Gasteiger partial charge in [-0.05, 0) is 32.2 Å². The minimum atomic E-state index is 0.181. The van der Waals surface area contributed by atoms with E-state index in [-0.39, 0.29) is 11.9 Å². The van der Waals surface area contributed by atoms with Crippen LogP contribution in [0.4, 0.5) is 0 Å². The maximum Gasteiger partial charge on any atom is 0.234 e. The average Bonchev–Trinajstić information content (AvgIpc) is 2.70. The van der Waals surface area contributed by atoms with Gasteiger partial charge in [-0.15, -0.1) is 0 Å². The Labute approximate surface area is 97.6 Å². The van der Waals surface area contributed by atoms with Crippen LogP contribution in [0, 0.1) is 0 Å². The van der Waals surface area contributed by atoms with E-state index in [9.17, 15) is 4.79 Å². The first-order valence-electron chi connectivity index (χ1n) is 6.51. The standard InChI is InChI=1S/C12H23N3O/c13-10-4-3-7-15(8-10)9-12(16)14-11-5-1-2-6-11/h10-11H,1-9,13H2,(H,14,16). The van der Waals surface area contributed by atoms with E-state index in [2.05, 4.69) is 10.2 Å². The predicted octanol–water partition coefficient (Wildman–Crippen LogP) is 0.468. The van der Waals surface area contributed by atoms with Crippen LogP contribution < -0.4 is 11.1 Å². The lowest BCUT2D eigenvalue weighted by Gasteiger charge is -2.30. The highest BCUT2D eigenvalue weighted by Gasteiger charge is 2.21. The monoisotopic (exact) mass is 225 g/mol. The lowest BCUT2D eigenvalue weighted by atomic mass is 10.1. The van der Waals surface area contributed by atoms with Gasteiger partial charge in [0.1, 0.15) is 0 Å². The zero-order valence-corrected chi connectivity index (χ0v) is 9.95. The van der Waals surface area contributed by atoms with Crippen LogP contribution >= 0.6 is 0 Å². The van der Waals surface area contributed by atoms with E-state index in [1.54, 1.807) is 0 Å². The Morgan fingerprint density at radius 3 is 2.69 bits per heavy atom. The maximum absolute atomic E-state index is 11.8. The molecule has 1 saturated carbocycles. The zero-order valence-electron chi connectivity index (χ0n) is 9.95. The molecule has 2 aliphatic rings. The number of nitrogens with one attached hydrogen (secondary N) is 1. The summed E-state index contributed by atoms with van der Waals surface area (Å²) in [4.78, 5) is 14.0. The molecular weight excluding hydrogens is 202 g/mol. The molecular formula is C12H23N3O. The Balaban J connectivity index is 1.69. The zero-order chi connectivity index (χ0) is 11.4. The van der Waals surface area contributed by atoms with Crippen LogP contribution in [-0.4, -0.2) is 42.5 Å². The average molecular weight is 225 g/mol. The fourth-order valence-corrected chi connectivity index (χ4v) is 2.78. The van der Waals surface area contributed by atoms with Gasteiger partial charge in [0.05, 0.1) is 6.54 Å². The lowest BCUT2D eigenvalue weighted by molar-refractivity contribution is -0.123. The fraction of sp³-hybridized carbons (Fsp3) is 0.917. The lowest BCUT2D eigenvalue weighted by Crippen LogP contribution is -2.48. The smallest absolute Gasteiger partial charge is 0.234 e. The van der Waals surface area contributed by atoms with Gasteiger partial charge in [-0.3, -0.25) is 9.69 Å². The molecule has 1 unspecified atom stereocenters. The molecule has 16 heavy (non-hydrogen) atoms. The second-order valence-corrected chi connectivity index (χ2v) is 5.19. The SMILES string of the molecule is NC1CCCN(CC(=O)NC2CCCC2)C1. The Morgan fingerprint density at radius 2 is 2.00 bits per heavy atom. The third-order valence-corrected chi connectivity index (χ3v) is 3.63. The number of likely N-dealkylation sites (tertiary alicyclic amines) is 1. The van der Waals surface area contributed by atoms with Crippen molar-refractivity contribution in [3.05, 3.63) is 0 Å². The summed E-state index contributed by atoms with van der Waals surface area (Å²) in [5.41, 5.74) is 5.89. The van der Waals surface area contributed by atoms with Crippen LogP contribution in [0.2, 0.25) is 0 Å². The normalized spacial score (nSPS) is 28.2. The third-order valence-electron chi connectivity index (χ3n) is 3.63. The first kappa shape index (κ1) is 11.9. The summed E-state index contributed by atoms with van der Waals surface area (Å²) in [6, 6.07) is 0.694. The first-order chi connectivity index (χ1) is 7.74. The van der Waals surface area contributed by atoms with Gasteiger partial charge in [0.2, 0.25) is 5.91 Å². The van der Waals surface area contributed by atoms with Crippen LogP contribution in [0.1, 0.15) is 38.5 Å². The van der Waals surface area contributed by atoms with Gasteiger partial charge in [0.15, 0.2) is 0 Å². The molecule has 1 amide bonds. The van der Waals surface area contributed by atoms with Crippen LogP contribution in [0.3, 0.4) is 0 Å². The molecule has 1 aliphatic heterocycles. The van der Waals surface area contributed by atoms with E-state index in [0.29, 0.717) is 12.6 Å². The molecule has 1 saturated heterocycles. The van der Waals surface area contributed by atoms with Crippen LogP contribution in [0.15, 0.2) is 0 Å². The highest BCUT2D eigenvalue weighted by molar-refractivity contribution is 5.78. The Bertz CT molecular complexity index is 238. The molecule has 0 spiro atoms. The molecule has 3 N–H and O–H groups in total. The van der Waals surface area contributed by atoms with E-state index in [4.69, 9.17) is 5.73 Å². The molecule has 0 aromatic heterocycles.